The zero-order valence-corrected chi connectivity index (χ0v) is 16.4. The van der Waals surface area contributed by atoms with E-state index in [4.69, 9.17) is 14.2 Å². The van der Waals surface area contributed by atoms with Crippen molar-refractivity contribution < 1.29 is 27.4 Å². The molecule has 0 heterocycles. The van der Waals surface area contributed by atoms with E-state index in [9.17, 15) is 13.2 Å². The third-order valence-corrected chi connectivity index (χ3v) is 5.68. The maximum absolute atomic E-state index is 12.6. The van der Waals surface area contributed by atoms with Crippen molar-refractivity contribution in [2.45, 2.75) is 11.8 Å². The largest absolute Gasteiger partial charge is 0.497 e. The van der Waals surface area contributed by atoms with Gasteiger partial charge in [0.15, 0.2) is 0 Å². The maximum atomic E-state index is 12.6. The van der Waals surface area contributed by atoms with Gasteiger partial charge in [0.1, 0.15) is 18.1 Å². The molecule has 0 spiro atoms. The van der Waals surface area contributed by atoms with Crippen LogP contribution in [0.2, 0.25) is 0 Å². The van der Waals surface area contributed by atoms with Gasteiger partial charge in [-0.1, -0.05) is 0 Å². The maximum Gasteiger partial charge on any atom is 0.338 e. The fourth-order valence-corrected chi connectivity index (χ4v) is 3.40. The molecule has 0 fully saturated rings. The average Bonchev–Trinajstić information content (AvgIpc) is 2.68. The van der Waals surface area contributed by atoms with E-state index in [0.29, 0.717) is 17.1 Å². The molecule has 7 nitrogen and oxygen atoms in total. The molecular formula is C19H23NO6S. The highest BCUT2D eigenvalue weighted by Crippen LogP contribution is 2.18. The summed E-state index contributed by atoms with van der Waals surface area (Å²) in [4.78, 5) is 11.7. The van der Waals surface area contributed by atoms with Crippen LogP contribution < -0.4 is 9.47 Å². The highest BCUT2D eigenvalue weighted by atomic mass is 32.2. The number of carbonyl (C=O) groups excluding carboxylic acids is 1. The zero-order chi connectivity index (χ0) is 19.9. The second-order valence-corrected chi connectivity index (χ2v) is 7.64. The summed E-state index contributed by atoms with van der Waals surface area (Å²) >= 11 is 0. The van der Waals surface area contributed by atoms with Crippen LogP contribution in [0.25, 0.3) is 0 Å². The Balaban J connectivity index is 1.95. The predicted molar refractivity (Wildman–Crippen MR) is 101 cm³/mol. The lowest BCUT2D eigenvalue weighted by Gasteiger charge is -2.17. The molecule has 27 heavy (non-hydrogen) atoms. The van der Waals surface area contributed by atoms with Crippen LogP contribution in [-0.2, 0) is 14.8 Å². The van der Waals surface area contributed by atoms with Crippen molar-refractivity contribution in [1.29, 1.82) is 0 Å². The molecule has 2 rings (SSSR count). The number of hydrogen-bond acceptors (Lipinski definition) is 6. The van der Waals surface area contributed by atoms with Crippen LogP contribution in [0.15, 0.2) is 53.4 Å². The molecule has 0 aliphatic heterocycles. The summed E-state index contributed by atoms with van der Waals surface area (Å²) in [5, 5.41) is 0. The van der Waals surface area contributed by atoms with Crippen LogP contribution in [0.1, 0.15) is 17.3 Å². The molecule has 0 aromatic heterocycles. The lowest BCUT2D eigenvalue weighted by Crippen LogP contribution is -2.31. The lowest BCUT2D eigenvalue weighted by molar-refractivity contribution is 0.0526. The van der Waals surface area contributed by atoms with Crippen molar-refractivity contribution in [1.82, 2.24) is 4.31 Å². The topological polar surface area (TPSA) is 82.1 Å². The number of carbonyl (C=O) groups is 1. The van der Waals surface area contributed by atoms with Crippen LogP contribution in [0, 0.1) is 0 Å². The third-order valence-electron chi connectivity index (χ3n) is 3.81. The van der Waals surface area contributed by atoms with Crippen molar-refractivity contribution in [3.63, 3.8) is 0 Å². The number of rotatable bonds is 9. The summed E-state index contributed by atoms with van der Waals surface area (Å²) in [5.74, 6) is 0.858. The summed E-state index contributed by atoms with van der Waals surface area (Å²) < 4.78 is 41.9. The number of likely N-dealkylation sites (N-methyl/N-ethyl adjacent to an activating group) is 1. The molecule has 0 N–H and O–H groups in total. The van der Waals surface area contributed by atoms with Gasteiger partial charge in [-0.05, 0) is 55.5 Å². The fraction of sp³-hybridized carbons (Fsp3) is 0.316. The van der Waals surface area contributed by atoms with Crippen molar-refractivity contribution in [3.8, 4) is 11.5 Å². The Labute approximate surface area is 159 Å². The Morgan fingerprint density at radius 1 is 1.00 bits per heavy atom. The van der Waals surface area contributed by atoms with Crippen LogP contribution in [-0.4, -0.2) is 52.6 Å². The monoisotopic (exact) mass is 393 g/mol. The first-order chi connectivity index (χ1) is 12.9. The van der Waals surface area contributed by atoms with E-state index in [1.54, 1.807) is 38.3 Å². The quantitative estimate of drug-likeness (QED) is 0.609. The molecule has 0 aliphatic rings. The molecule has 0 unspecified atom stereocenters. The number of methoxy groups -OCH3 is 1. The van der Waals surface area contributed by atoms with Crippen molar-refractivity contribution >= 4 is 16.0 Å². The number of esters is 1. The average molecular weight is 393 g/mol. The first-order valence-corrected chi connectivity index (χ1v) is 9.83. The van der Waals surface area contributed by atoms with Gasteiger partial charge in [0.2, 0.25) is 10.0 Å². The van der Waals surface area contributed by atoms with Gasteiger partial charge in [-0.15, -0.1) is 0 Å². The predicted octanol–water partition coefficient (Wildman–Crippen LogP) is 2.57. The van der Waals surface area contributed by atoms with Crippen LogP contribution in [0.4, 0.5) is 0 Å². The Bertz CT molecular complexity index is 847. The van der Waals surface area contributed by atoms with E-state index in [-0.39, 0.29) is 24.7 Å². The van der Waals surface area contributed by atoms with Crippen molar-refractivity contribution in [2.24, 2.45) is 0 Å². The minimum absolute atomic E-state index is 0.0995. The highest BCUT2D eigenvalue weighted by molar-refractivity contribution is 7.89. The van der Waals surface area contributed by atoms with E-state index in [1.807, 2.05) is 0 Å². The first kappa shape index (κ1) is 20.7. The molecule has 0 saturated heterocycles. The van der Waals surface area contributed by atoms with Gasteiger partial charge in [-0.25, -0.2) is 13.2 Å². The van der Waals surface area contributed by atoms with Crippen molar-refractivity contribution in [2.75, 3.05) is 33.9 Å². The highest BCUT2D eigenvalue weighted by Gasteiger charge is 2.21. The smallest absolute Gasteiger partial charge is 0.338 e. The third kappa shape index (κ3) is 5.45. The molecule has 0 amide bonds. The molecule has 2 aromatic rings. The molecule has 0 atom stereocenters. The Morgan fingerprint density at radius 2 is 1.59 bits per heavy atom. The molecule has 0 saturated carbocycles. The van der Waals surface area contributed by atoms with E-state index < -0.39 is 16.0 Å². The van der Waals surface area contributed by atoms with Gasteiger partial charge in [0.05, 0.1) is 24.2 Å². The summed E-state index contributed by atoms with van der Waals surface area (Å²) in [6.45, 7) is 2.34. The summed E-state index contributed by atoms with van der Waals surface area (Å²) in [7, 11) is -0.621. The lowest BCUT2D eigenvalue weighted by atomic mass is 10.2. The Hall–Kier alpha value is -2.58. The molecule has 0 radical (unpaired) electrons. The SMILES string of the molecule is CCOC(=O)c1ccc(S(=O)(=O)N(C)CCOc2ccc(OC)cc2)cc1. The summed E-state index contributed by atoms with van der Waals surface area (Å²) in [6, 6.07) is 12.7. The van der Waals surface area contributed by atoms with E-state index in [1.165, 1.54) is 35.6 Å². The van der Waals surface area contributed by atoms with Crippen LogP contribution >= 0.6 is 0 Å². The minimum Gasteiger partial charge on any atom is -0.497 e. The van der Waals surface area contributed by atoms with E-state index in [0.717, 1.165) is 0 Å². The number of ether oxygens (including phenoxy) is 3. The molecule has 8 heteroatoms. The van der Waals surface area contributed by atoms with Crippen molar-refractivity contribution in [3.05, 3.63) is 54.1 Å². The number of sulfonamides is 1. The Morgan fingerprint density at radius 3 is 2.15 bits per heavy atom. The second-order valence-electron chi connectivity index (χ2n) is 5.60. The van der Waals surface area contributed by atoms with E-state index >= 15 is 0 Å². The molecule has 0 aliphatic carbocycles. The van der Waals surface area contributed by atoms with Gasteiger partial charge in [-0.3, -0.25) is 0 Å². The molecule has 146 valence electrons. The standard InChI is InChI=1S/C19H23NO6S/c1-4-25-19(21)15-5-11-18(12-6-15)27(22,23)20(2)13-14-26-17-9-7-16(24-3)8-10-17/h5-12H,4,13-14H2,1-3H3. The van der Waals surface area contributed by atoms with Gasteiger partial charge in [0.25, 0.3) is 0 Å². The summed E-state index contributed by atoms with van der Waals surface area (Å²) in [6.07, 6.45) is 0. The van der Waals surface area contributed by atoms with E-state index in [2.05, 4.69) is 0 Å². The van der Waals surface area contributed by atoms with Crippen LogP contribution in [0.5, 0.6) is 11.5 Å². The fourth-order valence-electron chi connectivity index (χ4n) is 2.24. The van der Waals surface area contributed by atoms with Gasteiger partial charge < -0.3 is 14.2 Å². The van der Waals surface area contributed by atoms with Gasteiger partial charge >= 0.3 is 5.97 Å². The number of nitrogens with zero attached hydrogens (tertiary/aromatic N) is 1. The first-order valence-electron chi connectivity index (χ1n) is 8.39. The van der Waals surface area contributed by atoms with Gasteiger partial charge in [-0.2, -0.15) is 4.31 Å². The number of hydrogen-bond donors (Lipinski definition) is 0. The summed E-state index contributed by atoms with van der Waals surface area (Å²) in [5.41, 5.74) is 0.307. The Kier molecular flexibility index (Phi) is 7.20. The molecule has 2 aromatic carbocycles. The second kappa shape index (κ2) is 9.38. The number of benzene rings is 2. The van der Waals surface area contributed by atoms with Crippen LogP contribution in [0.3, 0.4) is 0 Å². The van der Waals surface area contributed by atoms with Gasteiger partial charge in [0, 0.05) is 13.6 Å². The molecule has 0 bridgehead atoms. The zero-order valence-electron chi connectivity index (χ0n) is 15.5. The normalized spacial score (nSPS) is 11.3. The minimum atomic E-state index is -3.68. The molecular weight excluding hydrogens is 370 g/mol.